The van der Waals surface area contributed by atoms with Gasteiger partial charge in [0, 0.05) is 39.3 Å². The van der Waals surface area contributed by atoms with E-state index in [1.165, 1.54) is 19.2 Å². The SMILES string of the molecule is CCN(Cc1ccccc1)C(=O)c1coc(CN2CCN(CCC(C)C)CC2)n1. The number of carbonyl (C=O) groups is 1. The molecule has 158 valence electrons. The minimum absolute atomic E-state index is 0.0788. The maximum Gasteiger partial charge on any atom is 0.276 e. The fraction of sp³-hybridized carbons (Fsp3) is 0.565. The van der Waals surface area contributed by atoms with Crippen LogP contribution in [0.4, 0.5) is 0 Å². The second kappa shape index (κ2) is 10.6. The zero-order valence-corrected chi connectivity index (χ0v) is 18.0. The van der Waals surface area contributed by atoms with Crippen LogP contribution in [0.15, 0.2) is 41.0 Å². The van der Waals surface area contributed by atoms with E-state index in [1.807, 2.05) is 37.3 Å². The highest BCUT2D eigenvalue weighted by Gasteiger charge is 2.22. The molecule has 2 heterocycles. The van der Waals surface area contributed by atoms with Gasteiger partial charge in [0.2, 0.25) is 5.89 Å². The molecule has 0 spiro atoms. The topological polar surface area (TPSA) is 52.8 Å². The van der Waals surface area contributed by atoms with Crippen molar-refractivity contribution in [1.82, 2.24) is 19.7 Å². The van der Waals surface area contributed by atoms with E-state index in [0.29, 0.717) is 31.2 Å². The lowest BCUT2D eigenvalue weighted by atomic mass is 10.1. The maximum atomic E-state index is 12.8. The Labute approximate surface area is 174 Å². The summed E-state index contributed by atoms with van der Waals surface area (Å²) >= 11 is 0. The van der Waals surface area contributed by atoms with Crippen molar-refractivity contribution in [2.24, 2.45) is 5.92 Å². The Kier molecular flexibility index (Phi) is 7.83. The van der Waals surface area contributed by atoms with E-state index in [2.05, 4.69) is 28.6 Å². The molecule has 1 saturated heterocycles. The lowest BCUT2D eigenvalue weighted by Gasteiger charge is -2.34. The van der Waals surface area contributed by atoms with Crippen LogP contribution >= 0.6 is 0 Å². The smallest absolute Gasteiger partial charge is 0.276 e. The van der Waals surface area contributed by atoms with Crippen LogP contribution in [0.1, 0.15) is 49.1 Å². The maximum absolute atomic E-state index is 12.8. The van der Waals surface area contributed by atoms with E-state index in [-0.39, 0.29) is 5.91 Å². The summed E-state index contributed by atoms with van der Waals surface area (Å²) in [5.41, 5.74) is 1.51. The summed E-state index contributed by atoms with van der Waals surface area (Å²) < 4.78 is 5.63. The third-order valence-electron chi connectivity index (χ3n) is 5.50. The summed E-state index contributed by atoms with van der Waals surface area (Å²) in [6.45, 7) is 13.8. The van der Waals surface area contributed by atoms with Gasteiger partial charge in [-0.25, -0.2) is 4.98 Å². The average Bonchev–Trinajstić information content (AvgIpc) is 3.20. The Hall–Kier alpha value is -2.18. The number of hydrogen-bond donors (Lipinski definition) is 0. The zero-order valence-electron chi connectivity index (χ0n) is 18.0. The van der Waals surface area contributed by atoms with Gasteiger partial charge in [-0.1, -0.05) is 44.2 Å². The van der Waals surface area contributed by atoms with Crippen molar-refractivity contribution in [3.8, 4) is 0 Å². The van der Waals surface area contributed by atoms with Gasteiger partial charge in [-0.2, -0.15) is 0 Å². The lowest BCUT2D eigenvalue weighted by Crippen LogP contribution is -2.46. The summed E-state index contributed by atoms with van der Waals surface area (Å²) in [5, 5.41) is 0. The Balaban J connectivity index is 1.50. The van der Waals surface area contributed by atoms with Crippen LogP contribution in [0.2, 0.25) is 0 Å². The van der Waals surface area contributed by atoms with E-state index < -0.39 is 0 Å². The Morgan fingerprint density at radius 3 is 2.48 bits per heavy atom. The van der Waals surface area contributed by atoms with Crippen molar-refractivity contribution in [2.75, 3.05) is 39.3 Å². The third-order valence-corrected chi connectivity index (χ3v) is 5.50. The van der Waals surface area contributed by atoms with Crippen LogP contribution in [0, 0.1) is 5.92 Å². The highest BCUT2D eigenvalue weighted by Crippen LogP contribution is 2.13. The van der Waals surface area contributed by atoms with Gasteiger partial charge in [-0.15, -0.1) is 0 Å². The highest BCUT2D eigenvalue weighted by molar-refractivity contribution is 5.91. The predicted molar refractivity (Wildman–Crippen MR) is 115 cm³/mol. The molecule has 6 nitrogen and oxygen atoms in total. The number of carbonyl (C=O) groups excluding carboxylic acids is 1. The number of rotatable bonds is 9. The molecule has 0 bridgehead atoms. The molecule has 0 saturated carbocycles. The molecule has 1 aromatic carbocycles. The van der Waals surface area contributed by atoms with Crippen LogP contribution in [0.5, 0.6) is 0 Å². The van der Waals surface area contributed by atoms with E-state index in [9.17, 15) is 4.79 Å². The van der Waals surface area contributed by atoms with Crippen LogP contribution < -0.4 is 0 Å². The predicted octanol–water partition coefficient (Wildman–Crippen LogP) is 3.50. The molecular formula is C23H34N4O2. The lowest BCUT2D eigenvalue weighted by molar-refractivity contribution is 0.0746. The minimum Gasteiger partial charge on any atom is -0.447 e. The quantitative estimate of drug-likeness (QED) is 0.647. The minimum atomic E-state index is -0.0788. The monoisotopic (exact) mass is 398 g/mol. The molecule has 0 atom stereocenters. The van der Waals surface area contributed by atoms with E-state index in [4.69, 9.17) is 4.42 Å². The van der Waals surface area contributed by atoms with Gasteiger partial charge in [0.25, 0.3) is 5.91 Å². The molecule has 29 heavy (non-hydrogen) atoms. The van der Waals surface area contributed by atoms with Gasteiger partial charge < -0.3 is 14.2 Å². The molecule has 0 radical (unpaired) electrons. The van der Waals surface area contributed by atoms with E-state index in [1.54, 1.807) is 4.90 Å². The number of aromatic nitrogens is 1. The molecule has 3 rings (SSSR count). The zero-order chi connectivity index (χ0) is 20.6. The van der Waals surface area contributed by atoms with Crippen LogP contribution in [-0.2, 0) is 13.1 Å². The van der Waals surface area contributed by atoms with Gasteiger partial charge in [0.05, 0.1) is 6.54 Å². The summed E-state index contributed by atoms with van der Waals surface area (Å²) in [6.07, 6.45) is 2.76. The van der Waals surface area contributed by atoms with Gasteiger partial charge in [-0.05, 0) is 31.4 Å². The molecule has 1 aliphatic rings. The molecule has 1 aromatic heterocycles. The standard InChI is InChI=1S/C23H34N4O2/c1-4-27(16-20-8-6-5-7-9-20)23(28)21-18-29-22(24-21)17-26-14-12-25(13-15-26)11-10-19(2)3/h5-9,18-19H,4,10-17H2,1-3H3. The van der Waals surface area contributed by atoms with Gasteiger partial charge in [-0.3, -0.25) is 9.69 Å². The third kappa shape index (κ3) is 6.41. The molecule has 6 heteroatoms. The fourth-order valence-electron chi connectivity index (χ4n) is 3.58. The molecule has 2 aromatic rings. The van der Waals surface area contributed by atoms with Crippen molar-refractivity contribution in [3.05, 3.63) is 53.7 Å². The van der Waals surface area contributed by atoms with Crippen molar-refractivity contribution in [1.29, 1.82) is 0 Å². The second-order valence-corrected chi connectivity index (χ2v) is 8.23. The highest BCUT2D eigenvalue weighted by atomic mass is 16.3. The van der Waals surface area contributed by atoms with E-state index in [0.717, 1.165) is 37.7 Å². The summed E-state index contributed by atoms with van der Waals surface area (Å²) in [6, 6.07) is 10.0. The van der Waals surface area contributed by atoms with Crippen molar-refractivity contribution < 1.29 is 9.21 Å². The van der Waals surface area contributed by atoms with Crippen molar-refractivity contribution in [2.45, 2.75) is 40.3 Å². The number of amides is 1. The first kappa shape index (κ1) is 21.5. The molecule has 1 fully saturated rings. The largest absolute Gasteiger partial charge is 0.447 e. The summed E-state index contributed by atoms with van der Waals surface area (Å²) in [7, 11) is 0. The second-order valence-electron chi connectivity index (χ2n) is 8.23. The Morgan fingerprint density at radius 1 is 1.14 bits per heavy atom. The summed E-state index contributed by atoms with van der Waals surface area (Å²) in [5.74, 6) is 1.30. The van der Waals surface area contributed by atoms with E-state index >= 15 is 0 Å². The van der Waals surface area contributed by atoms with Crippen LogP contribution in [0.3, 0.4) is 0 Å². The van der Waals surface area contributed by atoms with Gasteiger partial charge in [0.15, 0.2) is 5.69 Å². The Bertz CT molecular complexity index is 751. The van der Waals surface area contributed by atoms with Gasteiger partial charge >= 0.3 is 0 Å². The Morgan fingerprint density at radius 2 is 1.83 bits per heavy atom. The molecule has 1 amide bonds. The first-order valence-corrected chi connectivity index (χ1v) is 10.8. The number of nitrogens with zero attached hydrogens (tertiary/aromatic N) is 4. The first-order valence-electron chi connectivity index (χ1n) is 10.8. The van der Waals surface area contributed by atoms with Gasteiger partial charge in [0.1, 0.15) is 6.26 Å². The number of hydrogen-bond acceptors (Lipinski definition) is 5. The molecule has 0 N–H and O–H groups in total. The van der Waals surface area contributed by atoms with Crippen molar-refractivity contribution in [3.63, 3.8) is 0 Å². The number of oxazole rings is 1. The summed E-state index contributed by atoms with van der Waals surface area (Å²) in [4.78, 5) is 24.0. The molecule has 0 aliphatic carbocycles. The number of benzene rings is 1. The van der Waals surface area contributed by atoms with Crippen LogP contribution in [0.25, 0.3) is 0 Å². The van der Waals surface area contributed by atoms with Crippen molar-refractivity contribution >= 4 is 5.91 Å². The number of piperazine rings is 1. The fourth-order valence-corrected chi connectivity index (χ4v) is 3.58. The molecular weight excluding hydrogens is 364 g/mol. The average molecular weight is 399 g/mol. The first-order chi connectivity index (χ1) is 14.0. The molecule has 0 unspecified atom stereocenters. The molecule has 1 aliphatic heterocycles. The van der Waals surface area contributed by atoms with Crippen LogP contribution in [-0.4, -0.2) is 64.9 Å². The normalized spacial score (nSPS) is 15.7.